The van der Waals surface area contributed by atoms with Gasteiger partial charge in [0.2, 0.25) is 5.91 Å². The first-order valence-corrected chi connectivity index (χ1v) is 16.0. The third-order valence-corrected chi connectivity index (χ3v) is 13.5. The lowest BCUT2D eigenvalue weighted by molar-refractivity contribution is -0.131. The topological polar surface area (TPSA) is 40.5 Å². The average molecular weight is 516 g/mol. The Kier molecular flexibility index (Phi) is 5.97. The van der Waals surface area contributed by atoms with Gasteiger partial charge in [-0.15, -0.1) is 0 Å². The van der Waals surface area contributed by atoms with Gasteiger partial charge in [0.05, 0.1) is 6.10 Å². The van der Waals surface area contributed by atoms with Gasteiger partial charge >= 0.3 is 0 Å². The zero-order chi connectivity index (χ0) is 26.3. The van der Waals surface area contributed by atoms with Crippen LogP contribution in [0.25, 0.3) is 0 Å². The van der Waals surface area contributed by atoms with Crippen LogP contribution in [0.2, 0.25) is 0 Å². The van der Waals surface area contributed by atoms with Crippen LogP contribution in [0.4, 0.5) is 0 Å². The lowest BCUT2D eigenvalue weighted by Gasteiger charge is -2.58. The highest BCUT2D eigenvalue weighted by Gasteiger charge is 2.62. The van der Waals surface area contributed by atoms with Crippen LogP contribution >= 0.6 is 0 Å². The van der Waals surface area contributed by atoms with E-state index in [1.807, 2.05) is 0 Å². The number of nitrogens with zero attached hydrogens (tertiary/aromatic N) is 1. The largest absolute Gasteiger partial charge is 0.393 e. The monoisotopic (exact) mass is 515 g/mol. The Balaban J connectivity index is 0.984. The highest BCUT2D eigenvalue weighted by atomic mass is 16.3. The molecule has 6 aliphatic rings. The maximum absolute atomic E-state index is 13.3. The van der Waals surface area contributed by atoms with Crippen molar-refractivity contribution in [3.8, 4) is 0 Å². The summed E-state index contributed by atoms with van der Waals surface area (Å²) in [6, 6.07) is 10.9. The van der Waals surface area contributed by atoms with Gasteiger partial charge in [0.25, 0.3) is 0 Å². The number of rotatable bonds is 5. The fourth-order valence-electron chi connectivity index (χ4n) is 11.2. The number of piperidine rings is 1. The predicted molar refractivity (Wildman–Crippen MR) is 152 cm³/mol. The van der Waals surface area contributed by atoms with Crippen molar-refractivity contribution in [2.75, 3.05) is 13.1 Å². The molecule has 38 heavy (non-hydrogen) atoms. The summed E-state index contributed by atoms with van der Waals surface area (Å²) in [6.07, 6.45) is 15.3. The van der Waals surface area contributed by atoms with E-state index in [4.69, 9.17) is 0 Å². The Hall–Kier alpha value is -1.61. The summed E-state index contributed by atoms with van der Waals surface area (Å²) in [5, 5.41) is 10.3. The molecular formula is C35H49NO2. The van der Waals surface area contributed by atoms with Crippen molar-refractivity contribution >= 4 is 5.91 Å². The van der Waals surface area contributed by atoms with Crippen LogP contribution in [0, 0.1) is 46.3 Å². The minimum absolute atomic E-state index is 0.116. The Morgan fingerprint density at radius 1 is 1.08 bits per heavy atom. The van der Waals surface area contributed by atoms with E-state index < -0.39 is 0 Å². The van der Waals surface area contributed by atoms with Crippen molar-refractivity contribution in [2.45, 2.75) is 103 Å². The molecule has 1 aliphatic heterocycles. The summed E-state index contributed by atoms with van der Waals surface area (Å²) in [5.74, 6) is 4.93. The molecule has 0 spiro atoms. The number of aliphatic hydroxyl groups is 1. The minimum Gasteiger partial charge on any atom is -0.393 e. The molecule has 3 nitrogen and oxygen atoms in total. The maximum Gasteiger partial charge on any atom is 0.222 e. The van der Waals surface area contributed by atoms with Gasteiger partial charge in [0, 0.05) is 24.9 Å². The summed E-state index contributed by atoms with van der Waals surface area (Å²) in [5.41, 5.74) is 4.04. The van der Waals surface area contributed by atoms with Gasteiger partial charge in [-0.05, 0) is 116 Å². The van der Waals surface area contributed by atoms with Crippen LogP contribution in [0.3, 0.4) is 0 Å². The van der Waals surface area contributed by atoms with Crippen molar-refractivity contribution in [1.82, 2.24) is 4.90 Å². The highest BCUT2D eigenvalue weighted by Crippen LogP contribution is 2.67. The normalized spacial score (nSPS) is 45.9. The molecule has 0 aromatic heterocycles. The Morgan fingerprint density at radius 3 is 2.71 bits per heavy atom. The molecule has 1 N–H and O–H groups in total. The molecule has 1 saturated heterocycles. The molecule has 10 atom stereocenters. The van der Waals surface area contributed by atoms with Gasteiger partial charge in [-0.3, -0.25) is 4.79 Å². The first kappa shape index (κ1) is 25.4. The van der Waals surface area contributed by atoms with Crippen LogP contribution in [-0.4, -0.2) is 35.1 Å². The van der Waals surface area contributed by atoms with Crippen molar-refractivity contribution in [3.63, 3.8) is 0 Å². The Bertz CT molecular complexity index is 1110. The molecule has 0 radical (unpaired) electrons. The molecule has 2 unspecified atom stereocenters. The van der Waals surface area contributed by atoms with E-state index in [2.05, 4.69) is 62.1 Å². The van der Waals surface area contributed by atoms with Gasteiger partial charge in [-0.1, -0.05) is 62.8 Å². The number of hydrogen-bond donors (Lipinski definition) is 1. The SMILES string of the molecule is C[C@H](CCC(=O)N1CC2CC2(c2ccccc2)C1)[C@H]1CC[C@H]2[C@@H]3CC=C4C[C@@H](O)CC[C@]4(C)[C@H]3CC[C@]12C. The number of aliphatic hydroxyl groups excluding tert-OH is 1. The zero-order valence-electron chi connectivity index (χ0n) is 24.0. The first-order chi connectivity index (χ1) is 18.2. The van der Waals surface area contributed by atoms with Crippen molar-refractivity contribution in [3.05, 3.63) is 47.5 Å². The molecule has 0 bridgehead atoms. The molecular weight excluding hydrogens is 466 g/mol. The lowest BCUT2D eigenvalue weighted by atomic mass is 9.47. The summed E-state index contributed by atoms with van der Waals surface area (Å²) in [6.45, 7) is 9.54. The molecule has 1 aromatic rings. The van der Waals surface area contributed by atoms with E-state index in [-0.39, 0.29) is 11.5 Å². The molecule has 1 aromatic carbocycles. The molecule has 7 rings (SSSR count). The standard InChI is InChI=1S/C35H49NO2/c1-23(9-14-32(38)36-21-26-20-35(26,22-36)24-7-5-4-6-8-24)29-12-13-30-28-11-10-25-19-27(37)15-17-33(25,2)31(28)16-18-34(29,30)3/h4-8,10,23,26-31,37H,9,11-22H2,1-3H3/t23-,26?,27+,28+,29-,30+,31+,33+,34-,35?/m1/s1. The number of carbonyl (C=O) groups is 1. The van der Waals surface area contributed by atoms with Crippen molar-refractivity contribution in [1.29, 1.82) is 0 Å². The van der Waals surface area contributed by atoms with E-state index in [1.54, 1.807) is 5.57 Å². The highest BCUT2D eigenvalue weighted by molar-refractivity contribution is 5.77. The predicted octanol–water partition coefficient (Wildman–Crippen LogP) is 7.14. The summed E-state index contributed by atoms with van der Waals surface area (Å²) in [4.78, 5) is 15.5. The molecule has 4 saturated carbocycles. The molecule has 1 amide bonds. The van der Waals surface area contributed by atoms with Gasteiger partial charge in [-0.25, -0.2) is 0 Å². The first-order valence-electron chi connectivity index (χ1n) is 16.0. The summed E-state index contributed by atoms with van der Waals surface area (Å²) < 4.78 is 0. The minimum atomic E-state index is -0.116. The second-order valence-corrected chi connectivity index (χ2v) is 15.1. The molecule has 1 heterocycles. The number of carbonyl (C=O) groups excluding carboxylic acids is 1. The van der Waals surface area contributed by atoms with Crippen LogP contribution in [0.1, 0.15) is 97.0 Å². The second kappa shape index (κ2) is 8.95. The third-order valence-electron chi connectivity index (χ3n) is 13.5. The number of hydrogen-bond acceptors (Lipinski definition) is 2. The number of fused-ring (bicyclic) bond motifs is 6. The van der Waals surface area contributed by atoms with Gasteiger partial charge in [-0.2, -0.15) is 0 Å². The van der Waals surface area contributed by atoms with Crippen molar-refractivity contribution in [2.24, 2.45) is 46.3 Å². The fraction of sp³-hybridized carbons (Fsp3) is 0.743. The summed E-state index contributed by atoms with van der Waals surface area (Å²) in [7, 11) is 0. The fourth-order valence-corrected chi connectivity index (χ4v) is 11.2. The van der Waals surface area contributed by atoms with Crippen LogP contribution in [0.15, 0.2) is 42.0 Å². The summed E-state index contributed by atoms with van der Waals surface area (Å²) >= 11 is 0. The molecule has 5 aliphatic carbocycles. The van der Waals surface area contributed by atoms with Gasteiger partial charge < -0.3 is 10.0 Å². The van der Waals surface area contributed by atoms with E-state index >= 15 is 0 Å². The van der Waals surface area contributed by atoms with Crippen molar-refractivity contribution < 1.29 is 9.90 Å². The van der Waals surface area contributed by atoms with Crippen LogP contribution in [0.5, 0.6) is 0 Å². The zero-order valence-corrected chi connectivity index (χ0v) is 24.0. The van der Waals surface area contributed by atoms with Crippen LogP contribution < -0.4 is 0 Å². The lowest BCUT2D eigenvalue weighted by Crippen LogP contribution is -2.50. The Morgan fingerprint density at radius 2 is 1.89 bits per heavy atom. The number of likely N-dealkylation sites (tertiary alicyclic amines) is 1. The molecule has 206 valence electrons. The van der Waals surface area contributed by atoms with E-state index in [0.717, 1.165) is 62.4 Å². The third kappa shape index (κ3) is 3.73. The number of allylic oxidation sites excluding steroid dienone is 1. The van der Waals surface area contributed by atoms with E-state index in [1.165, 1.54) is 50.5 Å². The van der Waals surface area contributed by atoms with E-state index in [0.29, 0.717) is 28.6 Å². The smallest absolute Gasteiger partial charge is 0.222 e. The second-order valence-electron chi connectivity index (χ2n) is 15.1. The number of benzene rings is 1. The van der Waals surface area contributed by atoms with E-state index in [9.17, 15) is 9.90 Å². The quantitative estimate of drug-likeness (QED) is 0.423. The van der Waals surface area contributed by atoms with Gasteiger partial charge in [0.15, 0.2) is 0 Å². The molecule has 3 heteroatoms. The van der Waals surface area contributed by atoms with Crippen LogP contribution in [-0.2, 0) is 10.2 Å². The maximum atomic E-state index is 13.3. The Labute approximate surface area is 230 Å². The molecule has 5 fully saturated rings. The number of amides is 1. The average Bonchev–Trinajstić information content (AvgIpc) is 3.29. The van der Waals surface area contributed by atoms with Gasteiger partial charge in [0.1, 0.15) is 0 Å².